The third-order valence-corrected chi connectivity index (χ3v) is 7.17. The molecule has 5 rings (SSSR count). The van der Waals surface area contributed by atoms with Crippen LogP contribution in [0.25, 0.3) is 11.3 Å². The Bertz CT molecular complexity index is 1100. The molecular formula is C29H35N3O2. The van der Waals surface area contributed by atoms with E-state index in [0.29, 0.717) is 23.9 Å². The van der Waals surface area contributed by atoms with Crippen molar-refractivity contribution in [2.24, 2.45) is 11.8 Å². The summed E-state index contributed by atoms with van der Waals surface area (Å²) in [5.41, 5.74) is 5.28. The summed E-state index contributed by atoms with van der Waals surface area (Å²) >= 11 is 0. The summed E-state index contributed by atoms with van der Waals surface area (Å²) < 4.78 is 5.85. The van der Waals surface area contributed by atoms with Crippen LogP contribution in [0.2, 0.25) is 0 Å². The Kier molecular flexibility index (Phi) is 6.70. The number of aromatic nitrogens is 1. The molecule has 2 unspecified atom stereocenters. The Morgan fingerprint density at radius 1 is 1.12 bits per heavy atom. The van der Waals surface area contributed by atoms with Gasteiger partial charge in [0.2, 0.25) is 0 Å². The number of nitrogens with zero attached hydrogens (tertiary/aromatic N) is 2. The lowest BCUT2D eigenvalue weighted by Crippen LogP contribution is -2.39. The van der Waals surface area contributed by atoms with Crippen LogP contribution in [0.15, 0.2) is 59.2 Å². The minimum absolute atomic E-state index is 0.148. The zero-order chi connectivity index (χ0) is 23.5. The molecule has 0 bridgehead atoms. The minimum Gasteiger partial charge on any atom is -0.431 e. The van der Waals surface area contributed by atoms with Gasteiger partial charge < -0.3 is 19.4 Å². The molecule has 0 aliphatic heterocycles. The van der Waals surface area contributed by atoms with Crippen LogP contribution < -0.4 is 10.2 Å². The number of nitrogens with one attached hydrogen (secondary N) is 1. The molecule has 1 heterocycles. The molecule has 5 nitrogen and oxygen atoms in total. The summed E-state index contributed by atoms with van der Waals surface area (Å²) in [6, 6.07) is 17.8. The highest BCUT2D eigenvalue weighted by atomic mass is 16.4. The largest absolute Gasteiger partial charge is 0.431 e. The zero-order valence-electron chi connectivity index (χ0n) is 20.2. The van der Waals surface area contributed by atoms with Gasteiger partial charge in [0.05, 0.1) is 11.4 Å². The van der Waals surface area contributed by atoms with Crippen molar-refractivity contribution in [2.45, 2.75) is 64.3 Å². The zero-order valence-corrected chi connectivity index (χ0v) is 20.2. The summed E-state index contributed by atoms with van der Waals surface area (Å²) in [6.07, 6.45) is 10.1. The van der Waals surface area contributed by atoms with Crippen molar-refractivity contribution in [1.82, 2.24) is 4.98 Å². The third kappa shape index (κ3) is 5.03. The molecule has 0 amide bonds. The number of oxazole rings is 1. The Hall–Kier alpha value is -3.08. The highest BCUT2D eigenvalue weighted by molar-refractivity contribution is 5.76. The first-order valence-electron chi connectivity index (χ1n) is 12.8. The van der Waals surface area contributed by atoms with Crippen LogP contribution in [0.5, 0.6) is 0 Å². The summed E-state index contributed by atoms with van der Waals surface area (Å²) in [6.45, 7) is 5.59. The first-order valence-corrected chi connectivity index (χ1v) is 12.8. The van der Waals surface area contributed by atoms with E-state index in [1.54, 1.807) is 6.26 Å². The molecule has 2 atom stereocenters. The average molecular weight is 458 g/mol. The molecule has 0 saturated heterocycles. The van der Waals surface area contributed by atoms with Gasteiger partial charge in [-0.2, -0.15) is 4.98 Å². The number of benzene rings is 2. The second-order valence-electron chi connectivity index (χ2n) is 10.3. The highest BCUT2D eigenvalue weighted by Crippen LogP contribution is 2.48. The molecule has 34 heavy (non-hydrogen) atoms. The van der Waals surface area contributed by atoms with E-state index in [4.69, 9.17) is 9.40 Å². The fourth-order valence-corrected chi connectivity index (χ4v) is 5.30. The molecule has 178 valence electrons. The number of aldehydes is 1. The molecule has 1 aromatic heterocycles. The SMILES string of the molecule is CC(C)CN(c1ccc(C2CC2C=O)cc1Nc1nc(-c2ccccc2)co1)C1CCCCC1. The van der Waals surface area contributed by atoms with Crippen molar-refractivity contribution in [3.8, 4) is 11.3 Å². The topological polar surface area (TPSA) is 58.4 Å². The number of rotatable bonds is 9. The van der Waals surface area contributed by atoms with Crippen LogP contribution in [-0.2, 0) is 4.79 Å². The Morgan fingerprint density at radius 2 is 1.91 bits per heavy atom. The van der Waals surface area contributed by atoms with Crippen LogP contribution in [0.3, 0.4) is 0 Å². The maximum Gasteiger partial charge on any atom is 0.299 e. The molecule has 2 aromatic carbocycles. The normalized spacial score (nSPS) is 20.3. The van der Waals surface area contributed by atoms with Crippen LogP contribution >= 0.6 is 0 Å². The van der Waals surface area contributed by atoms with Crippen molar-refractivity contribution in [3.63, 3.8) is 0 Å². The van der Waals surface area contributed by atoms with E-state index in [2.05, 4.69) is 42.3 Å². The summed E-state index contributed by atoms with van der Waals surface area (Å²) in [5.74, 6) is 1.03. The van der Waals surface area contributed by atoms with E-state index in [1.807, 2.05) is 30.3 Å². The maximum absolute atomic E-state index is 11.3. The number of carbonyl (C=O) groups excluding carboxylic acids is 1. The van der Waals surface area contributed by atoms with Gasteiger partial charge in [0.25, 0.3) is 6.01 Å². The molecule has 0 radical (unpaired) electrons. The van der Waals surface area contributed by atoms with Gasteiger partial charge in [0.1, 0.15) is 18.2 Å². The fourth-order valence-electron chi connectivity index (χ4n) is 5.30. The predicted octanol–water partition coefficient (Wildman–Crippen LogP) is 7.18. The van der Waals surface area contributed by atoms with Gasteiger partial charge in [0.15, 0.2) is 0 Å². The van der Waals surface area contributed by atoms with Gasteiger partial charge in [-0.25, -0.2) is 0 Å². The fraction of sp³-hybridized carbons (Fsp3) is 0.448. The van der Waals surface area contributed by atoms with E-state index < -0.39 is 0 Å². The van der Waals surface area contributed by atoms with Crippen molar-refractivity contribution in [1.29, 1.82) is 0 Å². The number of anilines is 3. The van der Waals surface area contributed by atoms with E-state index in [0.717, 1.165) is 36.2 Å². The molecule has 5 heteroatoms. The lowest BCUT2D eigenvalue weighted by atomic mass is 9.92. The monoisotopic (exact) mass is 457 g/mol. The third-order valence-electron chi connectivity index (χ3n) is 7.17. The number of carbonyl (C=O) groups is 1. The average Bonchev–Trinajstić information content (AvgIpc) is 3.52. The second-order valence-corrected chi connectivity index (χ2v) is 10.3. The Labute approximate surface area is 202 Å². The molecule has 2 fully saturated rings. The first-order chi connectivity index (χ1) is 16.6. The van der Waals surface area contributed by atoms with E-state index >= 15 is 0 Å². The molecular weight excluding hydrogens is 422 g/mol. The van der Waals surface area contributed by atoms with Crippen molar-refractivity contribution >= 4 is 23.7 Å². The van der Waals surface area contributed by atoms with Crippen LogP contribution in [0.1, 0.15) is 63.9 Å². The second kappa shape index (κ2) is 10.0. The Balaban J connectivity index is 1.48. The van der Waals surface area contributed by atoms with Crippen molar-refractivity contribution < 1.29 is 9.21 Å². The van der Waals surface area contributed by atoms with Gasteiger partial charge in [-0.1, -0.05) is 69.5 Å². The summed E-state index contributed by atoms with van der Waals surface area (Å²) in [4.78, 5) is 18.6. The smallest absolute Gasteiger partial charge is 0.299 e. The quantitative estimate of drug-likeness (QED) is 0.345. The van der Waals surface area contributed by atoms with Crippen molar-refractivity contribution in [3.05, 3.63) is 60.4 Å². The van der Waals surface area contributed by atoms with E-state index in [9.17, 15) is 4.79 Å². The lowest BCUT2D eigenvalue weighted by molar-refractivity contribution is -0.108. The van der Waals surface area contributed by atoms with Crippen molar-refractivity contribution in [2.75, 3.05) is 16.8 Å². The van der Waals surface area contributed by atoms with E-state index in [1.165, 1.54) is 43.4 Å². The highest BCUT2D eigenvalue weighted by Gasteiger charge is 2.38. The minimum atomic E-state index is 0.148. The summed E-state index contributed by atoms with van der Waals surface area (Å²) in [7, 11) is 0. The van der Waals surface area contributed by atoms with Gasteiger partial charge in [0, 0.05) is 24.1 Å². The molecule has 2 aliphatic carbocycles. The first kappa shape index (κ1) is 22.7. The molecule has 2 saturated carbocycles. The number of hydrogen-bond donors (Lipinski definition) is 1. The van der Waals surface area contributed by atoms with Crippen LogP contribution in [-0.4, -0.2) is 23.9 Å². The Morgan fingerprint density at radius 3 is 2.62 bits per heavy atom. The lowest BCUT2D eigenvalue weighted by Gasteiger charge is -2.38. The standard InChI is InChI=1S/C29H35N3O2/c1-20(2)17-32(24-11-7-4-8-12-24)28-14-13-22(25-15-23(25)18-33)16-26(28)30-29-31-27(19-34-29)21-9-5-3-6-10-21/h3,5-6,9-10,13-14,16,18-20,23-25H,4,7-8,11-12,15,17H2,1-2H3,(H,30,31). The molecule has 3 aromatic rings. The van der Waals surface area contributed by atoms with Gasteiger partial charge in [-0.05, 0) is 48.8 Å². The maximum atomic E-state index is 11.3. The van der Waals surface area contributed by atoms with E-state index in [-0.39, 0.29) is 5.92 Å². The summed E-state index contributed by atoms with van der Waals surface area (Å²) in [5, 5.41) is 3.50. The molecule has 2 aliphatic rings. The predicted molar refractivity (Wildman–Crippen MR) is 138 cm³/mol. The van der Waals surface area contributed by atoms with Crippen LogP contribution in [0, 0.1) is 11.8 Å². The number of hydrogen-bond acceptors (Lipinski definition) is 5. The van der Waals surface area contributed by atoms with Crippen LogP contribution in [0.4, 0.5) is 17.4 Å². The van der Waals surface area contributed by atoms with Gasteiger partial charge in [-0.15, -0.1) is 0 Å². The molecule has 0 spiro atoms. The molecule has 1 N–H and O–H groups in total. The van der Waals surface area contributed by atoms with Gasteiger partial charge >= 0.3 is 0 Å². The van der Waals surface area contributed by atoms with Gasteiger partial charge in [-0.3, -0.25) is 0 Å².